The van der Waals surface area contributed by atoms with Crippen LogP contribution in [0.2, 0.25) is 10.0 Å². The summed E-state index contributed by atoms with van der Waals surface area (Å²) in [6, 6.07) is 6.95. The van der Waals surface area contributed by atoms with E-state index in [1.807, 2.05) is 12.1 Å². The molecule has 2 heterocycles. The monoisotopic (exact) mass is 311 g/mol. The van der Waals surface area contributed by atoms with Crippen molar-refractivity contribution in [2.45, 2.75) is 56.4 Å². The first-order valence-corrected chi connectivity index (χ1v) is 8.33. The fourth-order valence-corrected chi connectivity index (χ4v) is 3.99. The lowest BCUT2D eigenvalue weighted by molar-refractivity contribution is 0.0955. The van der Waals surface area contributed by atoms with Crippen LogP contribution in [0, 0.1) is 5.92 Å². The molecule has 2 bridgehead atoms. The lowest BCUT2D eigenvalue weighted by Crippen LogP contribution is -2.40. The maximum Gasteiger partial charge on any atom is 0.0733 e. The third-order valence-electron chi connectivity index (χ3n) is 4.90. The van der Waals surface area contributed by atoms with E-state index in [1.165, 1.54) is 31.2 Å². The second kappa shape index (κ2) is 5.17. The number of hydrogen-bond acceptors (Lipinski definition) is 2. The fraction of sp³-hybridized carbons (Fsp3) is 0.625. The minimum Gasteiger partial charge on any atom is -0.373 e. The van der Waals surface area contributed by atoms with Gasteiger partial charge >= 0.3 is 0 Å². The quantitative estimate of drug-likeness (QED) is 0.892. The second-order valence-electron chi connectivity index (χ2n) is 6.37. The molecule has 2 aliphatic heterocycles. The van der Waals surface area contributed by atoms with Gasteiger partial charge in [-0.2, -0.15) is 0 Å². The molecule has 2 nitrogen and oxygen atoms in total. The van der Waals surface area contributed by atoms with E-state index in [4.69, 9.17) is 27.9 Å². The van der Waals surface area contributed by atoms with E-state index >= 15 is 0 Å². The molecule has 0 amide bonds. The molecule has 1 aromatic carbocycles. The van der Waals surface area contributed by atoms with Gasteiger partial charge in [0, 0.05) is 12.1 Å². The molecule has 0 radical (unpaired) electrons. The summed E-state index contributed by atoms with van der Waals surface area (Å²) in [5.41, 5.74) is 1.27. The van der Waals surface area contributed by atoms with Crippen molar-refractivity contribution in [3.8, 4) is 0 Å². The maximum absolute atomic E-state index is 6.18. The van der Waals surface area contributed by atoms with E-state index in [-0.39, 0.29) is 0 Å². The highest BCUT2D eigenvalue weighted by atomic mass is 35.5. The number of fused-ring (bicyclic) bond motifs is 2. The van der Waals surface area contributed by atoms with Crippen LogP contribution in [0.1, 0.15) is 43.7 Å². The Hall–Kier alpha value is -0.280. The molecule has 1 saturated carbocycles. The summed E-state index contributed by atoms with van der Waals surface area (Å²) in [6.45, 7) is 0. The van der Waals surface area contributed by atoms with Gasteiger partial charge in [-0.1, -0.05) is 29.3 Å². The zero-order valence-electron chi connectivity index (χ0n) is 11.3. The molecule has 4 unspecified atom stereocenters. The first-order chi connectivity index (χ1) is 9.70. The zero-order valence-corrected chi connectivity index (χ0v) is 12.8. The van der Waals surface area contributed by atoms with Gasteiger partial charge in [0.2, 0.25) is 0 Å². The molecule has 2 saturated heterocycles. The molecule has 4 rings (SSSR count). The molecule has 1 N–H and O–H groups in total. The predicted octanol–water partition coefficient (Wildman–Crippen LogP) is 4.35. The molecule has 4 atom stereocenters. The summed E-state index contributed by atoms with van der Waals surface area (Å²) in [7, 11) is 0. The number of nitrogens with one attached hydrogen (secondary N) is 1. The summed E-state index contributed by atoms with van der Waals surface area (Å²) in [5.74, 6) is 0.742. The van der Waals surface area contributed by atoms with Gasteiger partial charge in [0.05, 0.1) is 22.3 Å². The smallest absolute Gasteiger partial charge is 0.0733 e. The molecule has 1 aromatic rings. The number of ether oxygens (including phenoxy) is 1. The Labute approximate surface area is 129 Å². The van der Waals surface area contributed by atoms with Crippen LogP contribution in [0.4, 0.5) is 0 Å². The predicted molar refractivity (Wildman–Crippen MR) is 81.4 cm³/mol. The average molecular weight is 312 g/mol. The highest BCUT2D eigenvalue weighted by molar-refractivity contribution is 6.42. The van der Waals surface area contributed by atoms with Gasteiger partial charge in [-0.25, -0.2) is 0 Å². The van der Waals surface area contributed by atoms with E-state index < -0.39 is 0 Å². The summed E-state index contributed by atoms with van der Waals surface area (Å²) in [4.78, 5) is 0. The van der Waals surface area contributed by atoms with Crippen LogP contribution in [-0.2, 0) is 4.74 Å². The van der Waals surface area contributed by atoms with Crippen LogP contribution >= 0.6 is 23.2 Å². The van der Waals surface area contributed by atoms with Crippen LogP contribution < -0.4 is 5.32 Å². The standard InChI is InChI=1S/C16H19Cl2NO/c17-12-5-3-10(7-13(12)18)16(9-1-2-9)19-14-8-11-4-6-15(14)20-11/h3,5,7,9,11,14-16,19H,1-2,4,6,8H2. The molecule has 3 fully saturated rings. The number of benzene rings is 1. The molecule has 108 valence electrons. The average Bonchev–Trinajstić information content (AvgIpc) is 3.07. The van der Waals surface area contributed by atoms with E-state index in [9.17, 15) is 0 Å². The Morgan fingerprint density at radius 3 is 2.55 bits per heavy atom. The minimum absolute atomic E-state index is 0.401. The summed E-state index contributed by atoms with van der Waals surface area (Å²) < 4.78 is 5.95. The van der Waals surface area contributed by atoms with Crippen molar-refractivity contribution in [1.82, 2.24) is 5.32 Å². The van der Waals surface area contributed by atoms with Crippen molar-refractivity contribution < 1.29 is 4.74 Å². The first kappa shape index (κ1) is 13.4. The molecule has 1 aliphatic carbocycles. The third kappa shape index (κ3) is 2.48. The molecular weight excluding hydrogens is 293 g/mol. The van der Waals surface area contributed by atoms with Gasteiger partial charge < -0.3 is 10.1 Å². The summed E-state index contributed by atoms with van der Waals surface area (Å²) >= 11 is 12.2. The topological polar surface area (TPSA) is 21.3 Å². The first-order valence-electron chi connectivity index (χ1n) is 7.57. The number of rotatable bonds is 4. The van der Waals surface area contributed by atoms with Crippen molar-refractivity contribution in [3.05, 3.63) is 33.8 Å². The van der Waals surface area contributed by atoms with Crippen LogP contribution in [0.25, 0.3) is 0 Å². The van der Waals surface area contributed by atoms with E-state index in [1.54, 1.807) is 0 Å². The van der Waals surface area contributed by atoms with Gasteiger partial charge in [0.25, 0.3) is 0 Å². The Morgan fingerprint density at radius 1 is 1.10 bits per heavy atom. The number of halogens is 2. The van der Waals surface area contributed by atoms with Crippen molar-refractivity contribution in [2.75, 3.05) is 0 Å². The Morgan fingerprint density at radius 2 is 1.95 bits per heavy atom. The lowest BCUT2D eigenvalue weighted by atomic mass is 9.93. The maximum atomic E-state index is 6.18. The van der Waals surface area contributed by atoms with Gasteiger partial charge in [-0.3, -0.25) is 0 Å². The highest BCUT2D eigenvalue weighted by Gasteiger charge is 2.43. The molecule has 20 heavy (non-hydrogen) atoms. The Balaban J connectivity index is 1.53. The molecular formula is C16H19Cl2NO. The van der Waals surface area contributed by atoms with E-state index in [2.05, 4.69) is 11.4 Å². The summed E-state index contributed by atoms with van der Waals surface area (Å²) in [6.07, 6.45) is 7.13. The van der Waals surface area contributed by atoms with Crippen molar-refractivity contribution in [1.29, 1.82) is 0 Å². The second-order valence-corrected chi connectivity index (χ2v) is 7.19. The van der Waals surface area contributed by atoms with Gasteiger partial charge in [-0.15, -0.1) is 0 Å². The number of hydrogen-bond donors (Lipinski definition) is 1. The minimum atomic E-state index is 0.401. The Bertz CT molecular complexity index is 517. The third-order valence-corrected chi connectivity index (χ3v) is 5.63. The molecule has 0 aromatic heterocycles. The van der Waals surface area contributed by atoms with Crippen molar-refractivity contribution in [3.63, 3.8) is 0 Å². The molecule has 4 heteroatoms. The van der Waals surface area contributed by atoms with Gasteiger partial charge in [0.1, 0.15) is 0 Å². The Kier molecular flexibility index (Phi) is 3.46. The SMILES string of the molecule is Clc1ccc(C(NC2CC3CCC2O3)C2CC2)cc1Cl. The fourth-order valence-electron chi connectivity index (χ4n) is 3.68. The van der Waals surface area contributed by atoms with Gasteiger partial charge in [0.15, 0.2) is 0 Å². The van der Waals surface area contributed by atoms with Crippen molar-refractivity contribution >= 4 is 23.2 Å². The molecule has 0 spiro atoms. The molecule has 3 aliphatic rings. The van der Waals surface area contributed by atoms with Crippen LogP contribution in [0.3, 0.4) is 0 Å². The normalized spacial score (nSPS) is 33.6. The van der Waals surface area contributed by atoms with E-state index in [0.29, 0.717) is 34.3 Å². The summed E-state index contributed by atoms with van der Waals surface area (Å²) in [5, 5.41) is 5.13. The van der Waals surface area contributed by atoms with Crippen molar-refractivity contribution in [2.24, 2.45) is 5.92 Å². The lowest BCUT2D eigenvalue weighted by Gasteiger charge is -2.27. The van der Waals surface area contributed by atoms with Gasteiger partial charge in [-0.05, 0) is 55.7 Å². The van der Waals surface area contributed by atoms with E-state index in [0.717, 1.165) is 12.3 Å². The van der Waals surface area contributed by atoms with Crippen LogP contribution in [0.15, 0.2) is 18.2 Å². The van der Waals surface area contributed by atoms with Crippen LogP contribution in [0.5, 0.6) is 0 Å². The highest BCUT2D eigenvalue weighted by Crippen LogP contribution is 2.44. The zero-order chi connectivity index (χ0) is 13.7. The largest absolute Gasteiger partial charge is 0.373 e. The van der Waals surface area contributed by atoms with Crippen LogP contribution in [-0.4, -0.2) is 18.2 Å².